The fourth-order valence-electron chi connectivity index (χ4n) is 1.70. The summed E-state index contributed by atoms with van der Waals surface area (Å²) in [5.41, 5.74) is 0. The summed E-state index contributed by atoms with van der Waals surface area (Å²) >= 11 is 3.36. The van der Waals surface area contributed by atoms with E-state index in [1.807, 2.05) is 12.1 Å². The van der Waals surface area contributed by atoms with E-state index in [2.05, 4.69) is 26.2 Å². The molecule has 0 bridgehead atoms. The Bertz CT molecular complexity index is 296. The summed E-state index contributed by atoms with van der Waals surface area (Å²) in [5.74, 6) is 1.56. The van der Waals surface area contributed by atoms with Crippen LogP contribution in [0.3, 0.4) is 0 Å². The highest BCUT2D eigenvalue weighted by Crippen LogP contribution is 2.15. The molecular weight excluding hydrogens is 256 g/mol. The second kappa shape index (κ2) is 5.47. The van der Waals surface area contributed by atoms with Crippen molar-refractivity contribution >= 4 is 21.7 Å². The van der Waals surface area contributed by atoms with Gasteiger partial charge in [0.05, 0.1) is 6.61 Å². The summed E-state index contributed by atoms with van der Waals surface area (Å²) in [5, 5.41) is 3.33. The van der Waals surface area contributed by atoms with Crippen LogP contribution in [0.2, 0.25) is 0 Å². The molecule has 0 amide bonds. The first-order valence-electron chi connectivity index (χ1n) is 5.28. The molecular formula is C11H15BrN2O. The van der Waals surface area contributed by atoms with Crippen molar-refractivity contribution in [3.63, 3.8) is 0 Å². The Balaban J connectivity index is 1.79. The summed E-state index contributed by atoms with van der Waals surface area (Å²) in [6.45, 7) is 2.76. The SMILES string of the molecule is Brc1ccc(NCC2CCCOC2)nc1. The van der Waals surface area contributed by atoms with Crippen molar-refractivity contribution in [2.75, 3.05) is 25.1 Å². The van der Waals surface area contributed by atoms with Crippen LogP contribution in [0.15, 0.2) is 22.8 Å². The highest BCUT2D eigenvalue weighted by atomic mass is 79.9. The number of hydrogen-bond acceptors (Lipinski definition) is 3. The molecule has 0 spiro atoms. The summed E-state index contributed by atoms with van der Waals surface area (Å²) in [6, 6.07) is 3.97. The van der Waals surface area contributed by atoms with Crippen molar-refractivity contribution in [1.82, 2.24) is 4.98 Å². The van der Waals surface area contributed by atoms with Crippen LogP contribution in [-0.4, -0.2) is 24.7 Å². The van der Waals surface area contributed by atoms with Crippen molar-refractivity contribution in [3.05, 3.63) is 22.8 Å². The molecule has 1 N–H and O–H groups in total. The van der Waals surface area contributed by atoms with Gasteiger partial charge in [-0.1, -0.05) is 0 Å². The standard InChI is InChI=1S/C11H15BrN2O/c12-10-3-4-11(14-7-10)13-6-9-2-1-5-15-8-9/h3-4,7,9H,1-2,5-6,8H2,(H,13,14). The van der Waals surface area contributed by atoms with Crippen molar-refractivity contribution < 1.29 is 4.74 Å². The van der Waals surface area contributed by atoms with Gasteiger partial charge in [-0.3, -0.25) is 0 Å². The number of aromatic nitrogens is 1. The van der Waals surface area contributed by atoms with E-state index in [0.29, 0.717) is 5.92 Å². The van der Waals surface area contributed by atoms with Crippen molar-refractivity contribution in [2.24, 2.45) is 5.92 Å². The van der Waals surface area contributed by atoms with E-state index in [4.69, 9.17) is 4.74 Å². The Hall–Kier alpha value is -0.610. The predicted octanol–water partition coefficient (Wildman–Crippen LogP) is 2.68. The van der Waals surface area contributed by atoms with E-state index in [9.17, 15) is 0 Å². The molecule has 82 valence electrons. The van der Waals surface area contributed by atoms with Gasteiger partial charge >= 0.3 is 0 Å². The first-order valence-corrected chi connectivity index (χ1v) is 6.07. The third kappa shape index (κ3) is 3.47. The second-order valence-electron chi connectivity index (χ2n) is 3.83. The number of rotatable bonds is 3. The van der Waals surface area contributed by atoms with Crippen LogP contribution in [0, 0.1) is 5.92 Å². The van der Waals surface area contributed by atoms with E-state index in [1.165, 1.54) is 12.8 Å². The lowest BCUT2D eigenvalue weighted by Gasteiger charge is -2.22. The van der Waals surface area contributed by atoms with Gasteiger partial charge < -0.3 is 10.1 Å². The molecule has 1 aromatic heterocycles. The zero-order valence-electron chi connectivity index (χ0n) is 8.58. The Labute approximate surface area is 98.4 Å². The first kappa shape index (κ1) is 10.9. The van der Waals surface area contributed by atoms with E-state index in [-0.39, 0.29) is 0 Å². The van der Waals surface area contributed by atoms with Gasteiger partial charge in [-0.15, -0.1) is 0 Å². The van der Waals surface area contributed by atoms with Gasteiger partial charge in [0.1, 0.15) is 5.82 Å². The van der Waals surface area contributed by atoms with E-state index >= 15 is 0 Å². The normalized spacial score (nSPS) is 21.3. The lowest BCUT2D eigenvalue weighted by Crippen LogP contribution is -2.24. The monoisotopic (exact) mass is 270 g/mol. The lowest BCUT2D eigenvalue weighted by atomic mass is 10.0. The molecule has 1 aliphatic rings. The number of pyridine rings is 1. The van der Waals surface area contributed by atoms with Crippen LogP contribution in [0.1, 0.15) is 12.8 Å². The van der Waals surface area contributed by atoms with Crippen LogP contribution in [0.4, 0.5) is 5.82 Å². The van der Waals surface area contributed by atoms with E-state index < -0.39 is 0 Å². The molecule has 2 heterocycles. The maximum atomic E-state index is 5.42. The third-order valence-corrected chi connectivity index (χ3v) is 3.02. The minimum absolute atomic E-state index is 0.629. The van der Waals surface area contributed by atoms with Crippen LogP contribution >= 0.6 is 15.9 Å². The number of nitrogens with zero attached hydrogens (tertiary/aromatic N) is 1. The Morgan fingerprint density at radius 2 is 2.47 bits per heavy atom. The predicted molar refractivity (Wildman–Crippen MR) is 64.0 cm³/mol. The molecule has 1 unspecified atom stereocenters. The minimum Gasteiger partial charge on any atom is -0.381 e. The molecule has 0 radical (unpaired) electrons. The zero-order chi connectivity index (χ0) is 10.5. The van der Waals surface area contributed by atoms with Crippen LogP contribution in [0.5, 0.6) is 0 Å². The minimum atomic E-state index is 0.629. The molecule has 0 aromatic carbocycles. The second-order valence-corrected chi connectivity index (χ2v) is 4.74. The van der Waals surface area contributed by atoms with Gasteiger partial charge in [0.15, 0.2) is 0 Å². The lowest BCUT2D eigenvalue weighted by molar-refractivity contribution is 0.0595. The summed E-state index contributed by atoms with van der Waals surface area (Å²) in [6.07, 6.45) is 4.24. The first-order chi connectivity index (χ1) is 7.34. The number of ether oxygens (including phenoxy) is 1. The van der Waals surface area contributed by atoms with E-state index in [1.54, 1.807) is 6.20 Å². The molecule has 3 nitrogen and oxygen atoms in total. The number of halogens is 1. The molecule has 15 heavy (non-hydrogen) atoms. The van der Waals surface area contributed by atoms with Crippen molar-refractivity contribution in [3.8, 4) is 0 Å². The van der Waals surface area contributed by atoms with Crippen molar-refractivity contribution in [1.29, 1.82) is 0 Å². The Morgan fingerprint density at radius 3 is 3.13 bits per heavy atom. The van der Waals surface area contributed by atoms with Gasteiger partial charge in [-0.25, -0.2) is 4.98 Å². The topological polar surface area (TPSA) is 34.1 Å². The summed E-state index contributed by atoms with van der Waals surface area (Å²) in [4.78, 5) is 4.26. The zero-order valence-corrected chi connectivity index (χ0v) is 10.2. The van der Waals surface area contributed by atoms with Gasteiger partial charge in [-0.2, -0.15) is 0 Å². The molecule has 1 saturated heterocycles. The molecule has 1 atom stereocenters. The largest absolute Gasteiger partial charge is 0.381 e. The average Bonchev–Trinajstić information content (AvgIpc) is 2.30. The fourth-order valence-corrected chi connectivity index (χ4v) is 1.93. The quantitative estimate of drug-likeness (QED) is 0.917. The third-order valence-electron chi connectivity index (χ3n) is 2.55. The van der Waals surface area contributed by atoms with Gasteiger partial charge in [0.2, 0.25) is 0 Å². The number of nitrogens with one attached hydrogen (secondary N) is 1. The molecule has 0 aliphatic carbocycles. The van der Waals surface area contributed by atoms with Crippen LogP contribution < -0.4 is 5.32 Å². The van der Waals surface area contributed by atoms with Gasteiger partial charge in [-0.05, 0) is 46.8 Å². The van der Waals surface area contributed by atoms with Gasteiger partial charge in [0, 0.05) is 23.8 Å². The van der Waals surface area contributed by atoms with Crippen LogP contribution in [-0.2, 0) is 4.74 Å². The molecule has 4 heteroatoms. The molecule has 2 rings (SSSR count). The van der Waals surface area contributed by atoms with Crippen molar-refractivity contribution in [2.45, 2.75) is 12.8 Å². The average molecular weight is 271 g/mol. The fraction of sp³-hybridized carbons (Fsp3) is 0.545. The summed E-state index contributed by atoms with van der Waals surface area (Å²) in [7, 11) is 0. The van der Waals surface area contributed by atoms with Crippen LogP contribution in [0.25, 0.3) is 0 Å². The highest BCUT2D eigenvalue weighted by Gasteiger charge is 2.13. The van der Waals surface area contributed by atoms with E-state index in [0.717, 1.165) is 30.0 Å². The van der Waals surface area contributed by atoms with Gasteiger partial charge in [0.25, 0.3) is 0 Å². The smallest absolute Gasteiger partial charge is 0.125 e. The Kier molecular flexibility index (Phi) is 3.97. The number of hydrogen-bond donors (Lipinski definition) is 1. The maximum Gasteiger partial charge on any atom is 0.125 e. The molecule has 0 saturated carbocycles. The summed E-state index contributed by atoms with van der Waals surface area (Å²) < 4.78 is 6.43. The highest BCUT2D eigenvalue weighted by molar-refractivity contribution is 9.10. The molecule has 1 aliphatic heterocycles. The maximum absolute atomic E-state index is 5.42. The molecule has 1 fully saturated rings. The number of anilines is 1. The Morgan fingerprint density at radius 1 is 1.53 bits per heavy atom. The molecule has 1 aromatic rings.